The lowest BCUT2D eigenvalue weighted by molar-refractivity contribution is -0.174. The lowest BCUT2D eigenvalue weighted by Crippen LogP contribution is -2.37. The van der Waals surface area contributed by atoms with Crippen LogP contribution in [0.15, 0.2) is 0 Å². The summed E-state index contributed by atoms with van der Waals surface area (Å²) in [6, 6.07) is -0.125. The summed E-state index contributed by atoms with van der Waals surface area (Å²) in [4.78, 5) is 11.1. The predicted molar refractivity (Wildman–Crippen MR) is 52.8 cm³/mol. The summed E-state index contributed by atoms with van der Waals surface area (Å²) < 4.78 is 39.2. The number of nitrogens with one attached hydrogen (secondary N) is 1. The second-order valence-corrected chi connectivity index (χ2v) is 3.39. The number of amides is 1. The summed E-state index contributed by atoms with van der Waals surface area (Å²) in [5.41, 5.74) is 5.54. The first-order valence-electron chi connectivity index (χ1n) is 5.02. The summed E-state index contributed by atoms with van der Waals surface area (Å²) in [5.74, 6) is -0.355. The van der Waals surface area contributed by atoms with Gasteiger partial charge < -0.3 is 15.8 Å². The van der Waals surface area contributed by atoms with Gasteiger partial charge in [-0.25, -0.2) is 0 Å². The van der Waals surface area contributed by atoms with E-state index in [9.17, 15) is 18.0 Å². The van der Waals surface area contributed by atoms with Crippen molar-refractivity contribution in [1.29, 1.82) is 0 Å². The van der Waals surface area contributed by atoms with Crippen LogP contribution >= 0.6 is 0 Å². The van der Waals surface area contributed by atoms with Crippen molar-refractivity contribution >= 4 is 5.91 Å². The van der Waals surface area contributed by atoms with E-state index in [4.69, 9.17) is 5.73 Å². The molecule has 4 nitrogen and oxygen atoms in total. The maximum Gasteiger partial charge on any atom is 0.411 e. The molecule has 0 fully saturated rings. The Labute approximate surface area is 92.3 Å². The zero-order valence-corrected chi connectivity index (χ0v) is 9.14. The van der Waals surface area contributed by atoms with Crippen molar-refractivity contribution < 1.29 is 22.7 Å². The van der Waals surface area contributed by atoms with Crippen LogP contribution in [0, 0.1) is 0 Å². The molecule has 0 aromatic rings. The molecule has 96 valence electrons. The first kappa shape index (κ1) is 15.2. The van der Waals surface area contributed by atoms with Crippen molar-refractivity contribution in [2.75, 3.05) is 19.8 Å². The Hall–Kier alpha value is -0.820. The minimum atomic E-state index is -4.35. The zero-order chi connectivity index (χ0) is 12.6. The van der Waals surface area contributed by atoms with Crippen LogP contribution in [0.5, 0.6) is 0 Å². The van der Waals surface area contributed by atoms with Gasteiger partial charge in [0.1, 0.15) is 6.61 Å². The second-order valence-electron chi connectivity index (χ2n) is 3.39. The quantitative estimate of drug-likeness (QED) is 0.649. The van der Waals surface area contributed by atoms with Crippen molar-refractivity contribution in [2.24, 2.45) is 5.73 Å². The first-order valence-corrected chi connectivity index (χ1v) is 5.02. The molecule has 0 heterocycles. The molecule has 0 aliphatic carbocycles. The van der Waals surface area contributed by atoms with E-state index in [-0.39, 0.29) is 25.0 Å². The maximum atomic E-state index is 11.6. The van der Waals surface area contributed by atoms with Gasteiger partial charge in [0.15, 0.2) is 0 Å². The molecule has 0 radical (unpaired) electrons. The summed E-state index contributed by atoms with van der Waals surface area (Å²) >= 11 is 0. The van der Waals surface area contributed by atoms with Crippen LogP contribution in [-0.4, -0.2) is 37.9 Å². The van der Waals surface area contributed by atoms with Crippen LogP contribution in [0.2, 0.25) is 0 Å². The highest BCUT2D eigenvalue weighted by Gasteiger charge is 2.27. The van der Waals surface area contributed by atoms with Crippen LogP contribution in [-0.2, 0) is 9.53 Å². The van der Waals surface area contributed by atoms with E-state index in [1.807, 2.05) is 6.92 Å². The Balaban J connectivity index is 3.44. The lowest BCUT2D eigenvalue weighted by Gasteiger charge is -2.10. The molecule has 16 heavy (non-hydrogen) atoms. The average molecular weight is 242 g/mol. The molecule has 0 aromatic carbocycles. The molecule has 0 rings (SSSR count). The van der Waals surface area contributed by atoms with Crippen LogP contribution in [0.3, 0.4) is 0 Å². The van der Waals surface area contributed by atoms with E-state index in [2.05, 4.69) is 10.1 Å². The smallest absolute Gasteiger partial charge is 0.372 e. The van der Waals surface area contributed by atoms with Gasteiger partial charge in [-0.15, -0.1) is 0 Å². The normalized spacial score (nSPS) is 13.6. The van der Waals surface area contributed by atoms with Crippen molar-refractivity contribution in [1.82, 2.24) is 5.32 Å². The highest BCUT2D eigenvalue weighted by atomic mass is 19.4. The average Bonchev–Trinajstić information content (AvgIpc) is 2.19. The monoisotopic (exact) mass is 242 g/mol. The maximum absolute atomic E-state index is 11.6. The molecular weight excluding hydrogens is 225 g/mol. The van der Waals surface area contributed by atoms with Gasteiger partial charge in [-0.3, -0.25) is 4.79 Å². The molecular formula is C9H17F3N2O2. The SMILES string of the molecule is CCC(N)CNC(=O)CCOCC(F)(F)F. The third-order valence-electron chi connectivity index (χ3n) is 1.82. The molecule has 0 spiro atoms. The highest BCUT2D eigenvalue weighted by molar-refractivity contribution is 5.75. The molecule has 1 amide bonds. The Bertz CT molecular complexity index is 209. The third kappa shape index (κ3) is 9.72. The fraction of sp³-hybridized carbons (Fsp3) is 0.889. The number of rotatable bonds is 7. The molecule has 1 unspecified atom stereocenters. The minimum absolute atomic E-state index is 0.0908. The lowest BCUT2D eigenvalue weighted by atomic mass is 10.2. The first-order chi connectivity index (χ1) is 7.35. The van der Waals surface area contributed by atoms with E-state index in [1.54, 1.807) is 0 Å². The molecule has 0 aliphatic heterocycles. The number of nitrogens with two attached hydrogens (primary N) is 1. The van der Waals surface area contributed by atoms with Crippen molar-refractivity contribution in [3.8, 4) is 0 Å². The van der Waals surface area contributed by atoms with Gasteiger partial charge in [0.05, 0.1) is 6.61 Å². The molecule has 0 saturated heterocycles. The fourth-order valence-electron chi connectivity index (χ4n) is 0.830. The van der Waals surface area contributed by atoms with Gasteiger partial charge in [0.25, 0.3) is 0 Å². The predicted octanol–water partition coefficient (Wildman–Crippen LogP) is 0.809. The molecule has 0 aliphatic rings. The Kier molecular flexibility index (Phi) is 7.07. The van der Waals surface area contributed by atoms with Gasteiger partial charge in [-0.1, -0.05) is 6.92 Å². The topological polar surface area (TPSA) is 64.3 Å². The number of carbonyl (C=O) groups is 1. The molecule has 0 saturated carbocycles. The largest absolute Gasteiger partial charge is 0.411 e. The van der Waals surface area contributed by atoms with Gasteiger partial charge in [0.2, 0.25) is 5.91 Å². The van der Waals surface area contributed by atoms with E-state index in [1.165, 1.54) is 0 Å². The van der Waals surface area contributed by atoms with E-state index < -0.39 is 12.8 Å². The number of hydrogen-bond donors (Lipinski definition) is 2. The summed E-state index contributed by atoms with van der Waals surface area (Å²) in [7, 11) is 0. The van der Waals surface area contributed by atoms with Crippen molar-refractivity contribution in [3.05, 3.63) is 0 Å². The molecule has 0 bridgehead atoms. The number of halogens is 3. The van der Waals surface area contributed by atoms with Crippen LogP contribution in [0.4, 0.5) is 13.2 Å². The fourth-order valence-corrected chi connectivity index (χ4v) is 0.830. The molecule has 3 N–H and O–H groups in total. The highest BCUT2D eigenvalue weighted by Crippen LogP contribution is 2.14. The summed E-state index contributed by atoms with van der Waals surface area (Å²) in [6.07, 6.45) is -3.71. The Morgan fingerprint density at radius 3 is 2.62 bits per heavy atom. The minimum Gasteiger partial charge on any atom is -0.372 e. The number of ether oxygens (including phenoxy) is 1. The number of alkyl halides is 3. The third-order valence-corrected chi connectivity index (χ3v) is 1.82. The van der Waals surface area contributed by atoms with E-state index in [0.29, 0.717) is 6.54 Å². The van der Waals surface area contributed by atoms with Crippen molar-refractivity contribution in [3.63, 3.8) is 0 Å². The van der Waals surface area contributed by atoms with E-state index in [0.717, 1.165) is 6.42 Å². The second kappa shape index (κ2) is 7.45. The molecule has 7 heteroatoms. The Morgan fingerprint density at radius 2 is 2.12 bits per heavy atom. The molecule has 0 aromatic heterocycles. The number of hydrogen-bond acceptors (Lipinski definition) is 3. The van der Waals surface area contributed by atoms with Crippen LogP contribution in [0.1, 0.15) is 19.8 Å². The van der Waals surface area contributed by atoms with Gasteiger partial charge in [-0.2, -0.15) is 13.2 Å². The van der Waals surface area contributed by atoms with Gasteiger partial charge >= 0.3 is 6.18 Å². The standard InChI is InChI=1S/C9H17F3N2O2/c1-2-7(13)5-14-8(15)3-4-16-6-9(10,11)12/h7H,2-6,13H2,1H3,(H,14,15). The number of carbonyl (C=O) groups excluding carboxylic acids is 1. The Morgan fingerprint density at radius 1 is 1.50 bits per heavy atom. The van der Waals surface area contributed by atoms with Crippen LogP contribution < -0.4 is 11.1 Å². The van der Waals surface area contributed by atoms with Crippen molar-refractivity contribution in [2.45, 2.75) is 32.0 Å². The van der Waals surface area contributed by atoms with Crippen LogP contribution in [0.25, 0.3) is 0 Å². The van der Waals surface area contributed by atoms with Gasteiger partial charge in [0, 0.05) is 19.0 Å². The zero-order valence-electron chi connectivity index (χ0n) is 9.14. The summed E-state index contributed by atoms with van der Waals surface area (Å²) in [5, 5.41) is 2.51. The van der Waals surface area contributed by atoms with E-state index >= 15 is 0 Å². The molecule has 1 atom stereocenters. The van der Waals surface area contributed by atoms with Gasteiger partial charge in [-0.05, 0) is 6.42 Å². The summed E-state index contributed by atoms with van der Waals surface area (Å²) in [6.45, 7) is 0.638.